The lowest BCUT2D eigenvalue weighted by molar-refractivity contribution is 0.102. The average Bonchev–Trinajstić information content (AvgIpc) is 2.78. The molecule has 0 aliphatic heterocycles. The lowest BCUT2D eigenvalue weighted by Crippen LogP contribution is -2.12. The Labute approximate surface area is 130 Å². The number of amides is 1. The highest BCUT2D eigenvalue weighted by Crippen LogP contribution is 2.28. The number of rotatable bonds is 2. The molecule has 0 aliphatic carbocycles. The van der Waals surface area contributed by atoms with Gasteiger partial charge in [0.2, 0.25) is 0 Å². The molecule has 1 amide bonds. The molecule has 0 saturated heterocycles. The van der Waals surface area contributed by atoms with Crippen LogP contribution in [0.5, 0.6) is 0 Å². The smallest absolute Gasteiger partial charge is 0.257 e. The number of aromatic nitrogens is 1. The van der Waals surface area contributed by atoms with Gasteiger partial charge in [0.15, 0.2) is 5.13 Å². The lowest BCUT2D eigenvalue weighted by Gasteiger charge is -2.04. The topological polar surface area (TPSA) is 68.0 Å². The predicted octanol–water partition coefficient (Wildman–Crippen LogP) is 4.09. The van der Waals surface area contributed by atoms with Gasteiger partial charge >= 0.3 is 0 Å². The summed E-state index contributed by atoms with van der Waals surface area (Å²) in [6.07, 6.45) is 0. The number of hydrogen-bond donors (Lipinski definition) is 2. The van der Waals surface area contributed by atoms with Crippen molar-refractivity contribution in [2.24, 2.45) is 0 Å². The van der Waals surface area contributed by atoms with Crippen molar-refractivity contribution < 1.29 is 4.79 Å². The summed E-state index contributed by atoms with van der Waals surface area (Å²) in [6.45, 7) is 1.90. The number of aryl methyl sites for hydroxylation is 1. The fourth-order valence-corrected chi connectivity index (χ4v) is 3.20. The zero-order valence-electron chi connectivity index (χ0n) is 11.2. The van der Waals surface area contributed by atoms with Crippen molar-refractivity contribution in [2.75, 3.05) is 11.1 Å². The van der Waals surface area contributed by atoms with E-state index in [2.05, 4.69) is 10.3 Å². The van der Waals surface area contributed by atoms with E-state index in [0.29, 0.717) is 21.4 Å². The Kier molecular flexibility index (Phi) is 3.53. The number of nitrogens with two attached hydrogens (primary N) is 1. The van der Waals surface area contributed by atoms with Crippen molar-refractivity contribution in [3.63, 3.8) is 0 Å². The van der Waals surface area contributed by atoms with Crippen LogP contribution in [0.3, 0.4) is 0 Å². The molecule has 0 atom stereocenters. The highest BCUT2D eigenvalue weighted by molar-refractivity contribution is 7.22. The van der Waals surface area contributed by atoms with Gasteiger partial charge in [-0.3, -0.25) is 10.1 Å². The second-order valence-electron chi connectivity index (χ2n) is 4.72. The van der Waals surface area contributed by atoms with Gasteiger partial charge in [-0.15, -0.1) is 0 Å². The molecule has 106 valence electrons. The van der Waals surface area contributed by atoms with E-state index < -0.39 is 0 Å². The molecule has 21 heavy (non-hydrogen) atoms. The molecule has 0 aliphatic rings. The summed E-state index contributed by atoms with van der Waals surface area (Å²) >= 11 is 7.33. The molecule has 0 spiro atoms. The summed E-state index contributed by atoms with van der Waals surface area (Å²) in [5, 5.41) is 3.98. The normalized spacial score (nSPS) is 10.8. The van der Waals surface area contributed by atoms with Gasteiger partial charge in [0.25, 0.3) is 5.91 Å². The first-order valence-corrected chi connectivity index (χ1v) is 7.45. The number of hydrogen-bond acceptors (Lipinski definition) is 4. The van der Waals surface area contributed by atoms with Gasteiger partial charge in [-0.1, -0.05) is 22.9 Å². The first kappa shape index (κ1) is 13.9. The third-order valence-electron chi connectivity index (χ3n) is 2.93. The van der Waals surface area contributed by atoms with E-state index >= 15 is 0 Å². The van der Waals surface area contributed by atoms with E-state index in [-0.39, 0.29) is 5.91 Å². The molecule has 0 unspecified atom stereocenters. The Morgan fingerprint density at radius 3 is 2.86 bits per heavy atom. The lowest BCUT2D eigenvalue weighted by atomic mass is 10.1. The van der Waals surface area contributed by atoms with Crippen LogP contribution in [-0.2, 0) is 0 Å². The highest BCUT2D eigenvalue weighted by Gasteiger charge is 2.11. The summed E-state index contributed by atoms with van der Waals surface area (Å²) in [6, 6.07) is 10.7. The summed E-state index contributed by atoms with van der Waals surface area (Å²) in [5.41, 5.74) is 8.59. The summed E-state index contributed by atoms with van der Waals surface area (Å²) in [4.78, 5) is 16.6. The predicted molar refractivity (Wildman–Crippen MR) is 88.2 cm³/mol. The largest absolute Gasteiger partial charge is 0.399 e. The number of nitrogens with one attached hydrogen (secondary N) is 1. The standard InChI is InChI=1S/C15H12ClN3OS/c1-8-4-9(6-11(17)5-8)14(20)19-15-18-12-3-2-10(16)7-13(12)21-15/h2-7H,17H2,1H3,(H,18,19,20). The van der Waals surface area contributed by atoms with Crippen molar-refractivity contribution in [3.05, 3.63) is 52.5 Å². The van der Waals surface area contributed by atoms with Crippen molar-refractivity contribution in [1.82, 2.24) is 4.98 Å². The average molecular weight is 318 g/mol. The second-order valence-corrected chi connectivity index (χ2v) is 6.18. The second kappa shape index (κ2) is 5.35. The molecule has 0 bridgehead atoms. The van der Waals surface area contributed by atoms with Crippen LogP contribution >= 0.6 is 22.9 Å². The van der Waals surface area contributed by atoms with Crippen LogP contribution in [0.1, 0.15) is 15.9 Å². The maximum atomic E-state index is 12.2. The zero-order valence-corrected chi connectivity index (χ0v) is 12.8. The van der Waals surface area contributed by atoms with E-state index in [4.69, 9.17) is 17.3 Å². The fraction of sp³-hybridized carbons (Fsp3) is 0.0667. The van der Waals surface area contributed by atoms with E-state index in [1.807, 2.05) is 25.1 Å². The van der Waals surface area contributed by atoms with Crippen LogP contribution in [0.15, 0.2) is 36.4 Å². The van der Waals surface area contributed by atoms with Gasteiger partial charge in [0, 0.05) is 16.3 Å². The monoisotopic (exact) mass is 317 g/mol. The maximum absolute atomic E-state index is 12.2. The summed E-state index contributed by atoms with van der Waals surface area (Å²) in [5.74, 6) is -0.226. The molecule has 1 aromatic heterocycles. The third-order valence-corrected chi connectivity index (χ3v) is 4.10. The van der Waals surface area contributed by atoms with Crippen LogP contribution in [-0.4, -0.2) is 10.9 Å². The van der Waals surface area contributed by atoms with E-state index in [9.17, 15) is 4.79 Å². The van der Waals surface area contributed by atoms with Crippen LogP contribution in [0.4, 0.5) is 10.8 Å². The molecule has 6 heteroatoms. The number of nitrogen functional groups attached to an aromatic ring is 1. The number of halogens is 1. The van der Waals surface area contributed by atoms with Gasteiger partial charge in [0.05, 0.1) is 10.2 Å². The molecule has 0 saturated carbocycles. The number of benzene rings is 2. The number of anilines is 2. The maximum Gasteiger partial charge on any atom is 0.257 e. The number of nitrogens with zero attached hydrogens (tertiary/aromatic N) is 1. The summed E-state index contributed by atoms with van der Waals surface area (Å²) in [7, 11) is 0. The van der Waals surface area contributed by atoms with Crippen LogP contribution < -0.4 is 11.1 Å². The molecule has 0 radical (unpaired) electrons. The third kappa shape index (κ3) is 2.99. The van der Waals surface area contributed by atoms with Gasteiger partial charge in [-0.25, -0.2) is 4.98 Å². The van der Waals surface area contributed by atoms with Gasteiger partial charge in [-0.2, -0.15) is 0 Å². The Hall–Kier alpha value is -2.11. The number of carbonyl (C=O) groups is 1. The first-order valence-electron chi connectivity index (χ1n) is 6.26. The van der Waals surface area contributed by atoms with Crippen molar-refractivity contribution in [2.45, 2.75) is 6.92 Å². The molecule has 0 fully saturated rings. The Balaban J connectivity index is 1.88. The van der Waals surface area contributed by atoms with Crippen LogP contribution in [0.25, 0.3) is 10.2 Å². The first-order chi connectivity index (χ1) is 10.0. The zero-order chi connectivity index (χ0) is 15.0. The Bertz CT molecular complexity index is 824. The molecule has 3 rings (SSSR count). The molecular formula is C15H12ClN3OS. The van der Waals surface area contributed by atoms with Crippen LogP contribution in [0.2, 0.25) is 5.02 Å². The molecule has 4 nitrogen and oxygen atoms in total. The highest BCUT2D eigenvalue weighted by atomic mass is 35.5. The Morgan fingerprint density at radius 1 is 1.29 bits per heavy atom. The number of fused-ring (bicyclic) bond motifs is 1. The van der Waals surface area contributed by atoms with Gasteiger partial charge in [-0.05, 0) is 48.9 Å². The molecule has 3 N–H and O–H groups in total. The molecule has 3 aromatic rings. The number of carbonyl (C=O) groups excluding carboxylic acids is 1. The van der Waals surface area contributed by atoms with Gasteiger partial charge in [0.1, 0.15) is 0 Å². The van der Waals surface area contributed by atoms with E-state index in [1.54, 1.807) is 18.2 Å². The minimum Gasteiger partial charge on any atom is -0.399 e. The number of thiazole rings is 1. The van der Waals surface area contributed by atoms with E-state index in [0.717, 1.165) is 15.8 Å². The van der Waals surface area contributed by atoms with Crippen molar-refractivity contribution in [1.29, 1.82) is 0 Å². The van der Waals surface area contributed by atoms with E-state index in [1.165, 1.54) is 11.3 Å². The summed E-state index contributed by atoms with van der Waals surface area (Å²) < 4.78 is 0.932. The van der Waals surface area contributed by atoms with Crippen molar-refractivity contribution >= 4 is 49.9 Å². The minimum absolute atomic E-state index is 0.226. The van der Waals surface area contributed by atoms with Crippen LogP contribution in [0, 0.1) is 6.92 Å². The minimum atomic E-state index is -0.226. The molecule has 2 aromatic carbocycles. The SMILES string of the molecule is Cc1cc(N)cc(C(=O)Nc2nc3ccc(Cl)cc3s2)c1. The fourth-order valence-electron chi connectivity index (χ4n) is 2.07. The Morgan fingerprint density at radius 2 is 2.10 bits per heavy atom. The molecule has 1 heterocycles. The quantitative estimate of drug-likeness (QED) is 0.699. The van der Waals surface area contributed by atoms with Gasteiger partial charge < -0.3 is 5.73 Å². The van der Waals surface area contributed by atoms with Crippen molar-refractivity contribution in [3.8, 4) is 0 Å². The molecular weight excluding hydrogens is 306 g/mol.